The fourth-order valence-corrected chi connectivity index (χ4v) is 4.10. The molecule has 0 aliphatic carbocycles. The van der Waals surface area contributed by atoms with Crippen molar-refractivity contribution in [3.63, 3.8) is 0 Å². The molecule has 1 saturated heterocycles. The Morgan fingerprint density at radius 3 is 2.50 bits per heavy atom. The lowest BCUT2D eigenvalue weighted by Gasteiger charge is -2.43. The largest absolute Gasteiger partial charge is 0.416 e. The number of hydrogen-bond donors (Lipinski definition) is 0. The van der Waals surface area contributed by atoms with Gasteiger partial charge in [0.2, 0.25) is 0 Å². The third kappa shape index (κ3) is 7.72. The zero-order chi connectivity index (χ0) is 20.0. The molecule has 3 atom stereocenters. The summed E-state index contributed by atoms with van der Waals surface area (Å²) in [5, 5.41) is 0.227. The summed E-state index contributed by atoms with van der Waals surface area (Å²) in [5.41, 5.74) is 0. The first-order valence-electron chi connectivity index (χ1n) is 10.3. The van der Waals surface area contributed by atoms with Crippen LogP contribution in [0.2, 0.25) is 18.1 Å². The fraction of sp³-hybridized carbons (Fsp3) is 0.909. The predicted octanol–water partition coefficient (Wildman–Crippen LogP) is 6.00. The van der Waals surface area contributed by atoms with Gasteiger partial charge in [-0.05, 0) is 50.7 Å². The topological polar surface area (TPSA) is 27.7 Å². The van der Waals surface area contributed by atoms with Gasteiger partial charge in [0, 0.05) is 18.9 Å². The van der Waals surface area contributed by atoms with Gasteiger partial charge in [0.25, 0.3) is 0 Å². The van der Waals surface area contributed by atoms with Gasteiger partial charge in [-0.3, -0.25) is 0 Å². The Labute approximate surface area is 163 Å². The van der Waals surface area contributed by atoms with Crippen molar-refractivity contribution in [2.24, 2.45) is 11.8 Å². The van der Waals surface area contributed by atoms with Crippen LogP contribution in [-0.4, -0.2) is 33.4 Å². The first-order valence-corrected chi connectivity index (χ1v) is 13.2. The second kappa shape index (κ2) is 9.73. The van der Waals surface area contributed by atoms with E-state index < -0.39 is 14.1 Å². The molecule has 0 aromatic heterocycles. The summed E-state index contributed by atoms with van der Waals surface area (Å²) < 4.78 is 18.7. The van der Waals surface area contributed by atoms with Gasteiger partial charge in [0.15, 0.2) is 14.1 Å². The second-order valence-electron chi connectivity index (χ2n) is 10.00. The number of rotatable bonds is 9. The van der Waals surface area contributed by atoms with E-state index in [2.05, 4.69) is 46.7 Å². The number of ether oxygens (including phenoxy) is 2. The first kappa shape index (κ1) is 23.7. The molecule has 152 valence electrons. The molecule has 0 unspecified atom stereocenters. The lowest BCUT2D eigenvalue weighted by molar-refractivity contribution is -0.296. The van der Waals surface area contributed by atoms with Crippen molar-refractivity contribution < 1.29 is 13.9 Å². The van der Waals surface area contributed by atoms with E-state index in [0.717, 1.165) is 26.1 Å². The number of hydrogen-bond acceptors (Lipinski definition) is 3. The standard InChI is InChI=1S/C22H42O3Si/c1-10-13-18(2)14-11-12-15-20-19(16-23-22(6,7)25-20)17-24-26(8,9)21(3,4)5/h1,18-20H,11-17H2,2-9H3/t18-,19+,20+/m0/s1. The van der Waals surface area contributed by atoms with Gasteiger partial charge in [0.1, 0.15) is 0 Å². The summed E-state index contributed by atoms with van der Waals surface area (Å²) in [6, 6.07) is 0. The van der Waals surface area contributed by atoms with Crippen LogP contribution in [0.4, 0.5) is 0 Å². The van der Waals surface area contributed by atoms with Gasteiger partial charge in [-0.1, -0.05) is 40.5 Å². The molecule has 1 aliphatic heterocycles. The van der Waals surface area contributed by atoms with E-state index in [1.807, 2.05) is 13.8 Å². The van der Waals surface area contributed by atoms with Crippen LogP contribution in [0.5, 0.6) is 0 Å². The molecule has 0 N–H and O–H groups in total. The molecule has 1 rings (SSSR count). The maximum absolute atomic E-state index is 6.47. The Hall–Kier alpha value is -0.343. The zero-order valence-corrected chi connectivity index (χ0v) is 19.5. The van der Waals surface area contributed by atoms with E-state index in [4.69, 9.17) is 20.3 Å². The first-order chi connectivity index (χ1) is 11.9. The van der Waals surface area contributed by atoms with Gasteiger partial charge in [-0.25, -0.2) is 0 Å². The third-order valence-electron chi connectivity index (χ3n) is 5.97. The molecular weight excluding hydrogens is 340 g/mol. The Kier molecular flexibility index (Phi) is 8.87. The molecule has 4 heteroatoms. The van der Waals surface area contributed by atoms with Crippen LogP contribution in [0.1, 0.15) is 73.6 Å². The summed E-state index contributed by atoms with van der Waals surface area (Å²) >= 11 is 0. The minimum atomic E-state index is -1.75. The number of terminal acetylenes is 1. The minimum absolute atomic E-state index is 0.214. The van der Waals surface area contributed by atoms with E-state index in [9.17, 15) is 0 Å². The van der Waals surface area contributed by atoms with E-state index >= 15 is 0 Å². The van der Waals surface area contributed by atoms with Gasteiger partial charge in [-0.2, -0.15) is 0 Å². The van der Waals surface area contributed by atoms with Crippen molar-refractivity contribution in [3.8, 4) is 12.3 Å². The maximum Gasteiger partial charge on any atom is 0.191 e. The summed E-state index contributed by atoms with van der Waals surface area (Å²) in [6.07, 6.45) is 11.1. The van der Waals surface area contributed by atoms with Gasteiger partial charge in [0.05, 0.1) is 12.7 Å². The van der Waals surface area contributed by atoms with E-state index in [0.29, 0.717) is 11.8 Å². The van der Waals surface area contributed by atoms with E-state index in [1.165, 1.54) is 19.3 Å². The normalized spacial score (nSPS) is 24.9. The average Bonchev–Trinajstić information content (AvgIpc) is 2.49. The zero-order valence-electron chi connectivity index (χ0n) is 18.5. The van der Waals surface area contributed by atoms with E-state index in [-0.39, 0.29) is 11.1 Å². The predicted molar refractivity (Wildman–Crippen MR) is 113 cm³/mol. The van der Waals surface area contributed by atoms with Crippen LogP contribution in [0.3, 0.4) is 0 Å². The molecule has 0 aromatic rings. The molecule has 1 aliphatic rings. The summed E-state index contributed by atoms with van der Waals surface area (Å²) in [4.78, 5) is 0. The third-order valence-corrected chi connectivity index (χ3v) is 10.5. The molecule has 1 heterocycles. The minimum Gasteiger partial charge on any atom is -0.416 e. The highest BCUT2D eigenvalue weighted by Gasteiger charge is 2.41. The Bertz CT molecular complexity index is 459. The van der Waals surface area contributed by atoms with Gasteiger partial charge < -0.3 is 13.9 Å². The average molecular weight is 383 g/mol. The Morgan fingerprint density at radius 1 is 1.27 bits per heavy atom. The van der Waals surface area contributed by atoms with Gasteiger partial charge in [-0.15, -0.1) is 12.3 Å². The quantitative estimate of drug-likeness (QED) is 0.278. The summed E-state index contributed by atoms with van der Waals surface area (Å²) in [7, 11) is -1.75. The van der Waals surface area contributed by atoms with Crippen molar-refractivity contribution in [2.75, 3.05) is 13.2 Å². The van der Waals surface area contributed by atoms with Crippen molar-refractivity contribution in [2.45, 2.75) is 104 Å². The summed E-state index contributed by atoms with van der Waals surface area (Å²) in [6.45, 7) is 19.2. The molecule has 26 heavy (non-hydrogen) atoms. The van der Waals surface area contributed by atoms with Crippen LogP contribution in [0.15, 0.2) is 0 Å². The molecule has 1 fully saturated rings. The van der Waals surface area contributed by atoms with Crippen LogP contribution >= 0.6 is 0 Å². The molecule has 0 amide bonds. The highest BCUT2D eigenvalue weighted by Crippen LogP contribution is 2.38. The van der Waals surface area contributed by atoms with Crippen molar-refractivity contribution in [1.29, 1.82) is 0 Å². The summed E-state index contributed by atoms with van der Waals surface area (Å²) in [5.74, 6) is 3.21. The van der Waals surface area contributed by atoms with Crippen LogP contribution in [-0.2, 0) is 13.9 Å². The monoisotopic (exact) mass is 382 g/mol. The van der Waals surface area contributed by atoms with Crippen LogP contribution in [0.25, 0.3) is 0 Å². The second-order valence-corrected chi connectivity index (χ2v) is 14.8. The highest BCUT2D eigenvalue weighted by molar-refractivity contribution is 6.74. The molecule has 3 nitrogen and oxygen atoms in total. The molecule has 0 bridgehead atoms. The van der Waals surface area contributed by atoms with Crippen LogP contribution < -0.4 is 0 Å². The van der Waals surface area contributed by atoms with Gasteiger partial charge >= 0.3 is 0 Å². The molecule has 0 spiro atoms. The Balaban J connectivity index is 2.55. The van der Waals surface area contributed by atoms with Crippen LogP contribution in [0, 0.1) is 24.2 Å². The number of unbranched alkanes of at least 4 members (excludes halogenated alkanes) is 1. The lowest BCUT2D eigenvalue weighted by atomic mass is 9.94. The molecule has 0 aromatic carbocycles. The fourth-order valence-electron chi connectivity index (χ4n) is 3.03. The lowest BCUT2D eigenvalue weighted by Crippen LogP contribution is -2.49. The SMILES string of the molecule is C#CC[C@H](C)CCCC[C@H]1OC(C)(C)OC[C@@H]1CO[Si](C)(C)C(C)(C)C. The van der Waals surface area contributed by atoms with E-state index in [1.54, 1.807) is 0 Å². The molecule has 0 saturated carbocycles. The maximum atomic E-state index is 6.47. The highest BCUT2D eigenvalue weighted by atomic mass is 28.4. The van der Waals surface area contributed by atoms with Crippen molar-refractivity contribution >= 4 is 8.32 Å². The smallest absolute Gasteiger partial charge is 0.191 e. The van der Waals surface area contributed by atoms with Crippen molar-refractivity contribution in [3.05, 3.63) is 0 Å². The Morgan fingerprint density at radius 2 is 1.92 bits per heavy atom. The molecular formula is C22H42O3Si. The molecule has 0 radical (unpaired) electrons. The van der Waals surface area contributed by atoms with Crippen molar-refractivity contribution in [1.82, 2.24) is 0 Å².